The second-order valence-electron chi connectivity index (χ2n) is 4.76. The maximum Gasteiger partial charge on any atom is 0.341 e. The highest BCUT2D eigenvalue weighted by molar-refractivity contribution is 5.83. The molecule has 2 aromatic carbocycles. The van der Waals surface area contributed by atoms with Crippen LogP contribution in [0.2, 0.25) is 0 Å². The van der Waals surface area contributed by atoms with Gasteiger partial charge in [-0.15, -0.1) is 0 Å². The van der Waals surface area contributed by atoms with Crippen molar-refractivity contribution >= 4 is 18.1 Å². The van der Waals surface area contributed by atoms with Crippen molar-refractivity contribution in [3.63, 3.8) is 0 Å². The third kappa shape index (κ3) is 6.30. The summed E-state index contributed by atoms with van der Waals surface area (Å²) in [5, 5.41) is 12.3. The molecule has 0 aliphatic carbocycles. The van der Waals surface area contributed by atoms with Crippen LogP contribution in [0.15, 0.2) is 53.6 Å². The van der Waals surface area contributed by atoms with Gasteiger partial charge in [-0.25, -0.2) is 14.6 Å². The minimum atomic E-state index is -1.06. The van der Waals surface area contributed by atoms with Crippen molar-refractivity contribution in [2.45, 2.75) is 0 Å². The first-order valence-electron chi connectivity index (χ1n) is 7.18. The van der Waals surface area contributed by atoms with Gasteiger partial charge in [-0.05, 0) is 42.0 Å². The summed E-state index contributed by atoms with van der Waals surface area (Å²) in [4.78, 5) is 22.0. The summed E-state index contributed by atoms with van der Waals surface area (Å²) in [5.74, 6) is -1.77. The number of hydrogen-bond donors (Lipinski definition) is 2. The number of carbonyl (C=O) groups is 2. The van der Waals surface area contributed by atoms with E-state index in [2.05, 4.69) is 10.5 Å². The van der Waals surface area contributed by atoms with E-state index in [1.165, 1.54) is 24.4 Å². The van der Waals surface area contributed by atoms with Gasteiger partial charge in [0.15, 0.2) is 24.8 Å². The predicted octanol–water partition coefficient (Wildman–Crippen LogP) is 1.82. The van der Waals surface area contributed by atoms with Gasteiger partial charge in [0.2, 0.25) is 0 Å². The van der Waals surface area contributed by atoms with Crippen molar-refractivity contribution in [1.82, 2.24) is 5.43 Å². The van der Waals surface area contributed by atoms with Gasteiger partial charge in [0, 0.05) is 0 Å². The van der Waals surface area contributed by atoms with Gasteiger partial charge in [0.05, 0.1) is 6.21 Å². The van der Waals surface area contributed by atoms with Crippen molar-refractivity contribution in [2.24, 2.45) is 5.10 Å². The summed E-state index contributed by atoms with van der Waals surface area (Å²) in [7, 11) is 0. The monoisotopic (exact) mass is 346 g/mol. The Morgan fingerprint density at radius 2 is 1.80 bits per heavy atom. The smallest absolute Gasteiger partial charge is 0.341 e. The van der Waals surface area contributed by atoms with Gasteiger partial charge in [-0.2, -0.15) is 5.10 Å². The molecule has 130 valence electrons. The Hall–Kier alpha value is -3.42. The van der Waals surface area contributed by atoms with E-state index < -0.39 is 24.3 Å². The van der Waals surface area contributed by atoms with Crippen LogP contribution in [0.3, 0.4) is 0 Å². The van der Waals surface area contributed by atoms with Crippen LogP contribution >= 0.6 is 0 Å². The zero-order chi connectivity index (χ0) is 18.1. The quantitative estimate of drug-likeness (QED) is 0.561. The maximum atomic E-state index is 13.3. The number of nitrogens with zero attached hydrogens (tertiary/aromatic N) is 1. The highest BCUT2D eigenvalue weighted by Crippen LogP contribution is 2.14. The van der Waals surface area contributed by atoms with E-state index in [-0.39, 0.29) is 12.4 Å². The molecule has 0 bridgehead atoms. The topological polar surface area (TPSA) is 97.2 Å². The molecule has 0 aliphatic heterocycles. The number of ether oxygens (including phenoxy) is 2. The third-order valence-corrected chi connectivity index (χ3v) is 2.84. The van der Waals surface area contributed by atoms with Gasteiger partial charge in [-0.3, -0.25) is 4.79 Å². The SMILES string of the molecule is O=C(O)COc1ccc(/C=N/NC(=O)COc2ccccc2F)cc1. The number of carbonyl (C=O) groups excluding carboxylic acids is 1. The molecule has 2 aromatic rings. The summed E-state index contributed by atoms with van der Waals surface area (Å²) in [6.07, 6.45) is 1.39. The standard InChI is InChI=1S/C17H15FN2O5/c18-14-3-1-2-4-15(14)25-10-16(21)20-19-9-12-5-7-13(8-6-12)24-11-17(22)23/h1-9H,10-11H2,(H,20,21)(H,22,23)/b19-9+. The van der Waals surface area contributed by atoms with Crippen LogP contribution in [-0.4, -0.2) is 36.4 Å². The number of halogens is 1. The van der Waals surface area contributed by atoms with Crippen LogP contribution in [0, 0.1) is 5.82 Å². The van der Waals surface area contributed by atoms with Gasteiger partial charge < -0.3 is 14.6 Å². The molecule has 0 spiro atoms. The van der Waals surface area contributed by atoms with Gasteiger partial charge >= 0.3 is 5.97 Å². The maximum absolute atomic E-state index is 13.3. The van der Waals surface area contributed by atoms with Crippen LogP contribution in [0.25, 0.3) is 0 Å². The second-order valence-corrected chi connectivity index (χ2v) is 4.76. The number of carboxylic acid groups (broad SMARTS) is 1. The summed E-state index contributed by atoms with van der Waals surface area (Å²) in [6, 6.07) is 12.2. The molecule has 0 unspecified atom stereocenters. The minimum absolute atomic E-state index is 0.0152. The second kappa shape index (κ2) is 9.02. The molecular formula is C17H15FN2O5. The van der Waals surface area contributed by atoms with Crippen LogP contribution in [0.4, 0.5) is 4.39 Å². The number of aliphatic carboxylic acids is 1. The molecule has 25 heavy (non-hydrogen) atoms. The lowest BCUT2D eigenvalue weighted by molar-refractivity contribution is -0.139. The zero-order valence-corrected chi connectivity index (χ0v) is 13.0. The van der Waals surface area contributed by atoms with Crippen molar-refractivity contribution < 1.29 is 28.6 Å². The fourth-order valence-electron chi connectivity index (χ4n) is 1.71. The predicted molar refractivity (Wildman–Crippen MR) is 87.2 cm³/mol. The average molecular weight is 346 g/mol. The van der Waals surface area contributed by atoms with E-state index in [0.29, 0.717) is 11.3 Å². The van der Waals surface area contributed by atoms with E-state index in [1.807, 2.05) is 0 Å². The molecule has 0 aliphatic rings. The molecule has 8 heteroatoms. The molecule has 0 saturated heterocycles. The number of carboxylic acids is 1. The first-order chi connectivity index (χ1) is 12.0. The Kier molecular flexibility index (Phi) is 6.47. The van der Waals surface area contributed by atoms with Crippen molar-refractivity contribution in [1.29, 1.82) is 0 Å². The molecule has 0 aromatic heterocycles. The number of rotatable bonds is 8. The molecule has 0 radical (unpaired) electrons. The number of benzene rings is 2. The Morgan fingerprint density at radius 3 is 2.48 bits per heavy atom. The first-order valence-corrected chi connectivity index (χ1v) is 7.18. The largest absolute Gasteiger partial charge is 0.482 e. The van der Waals surface area contributed by atoms with Crippen molar-refractivity contribution in [3.05, 3.63) is 59.9 Å². The van der Waals surface area contributed by atoms with E-state index >= 15 is 0 Å². The zero-order valence-electron chi connectivity index (χ0n) is 13.0. The van der Waals surface area contributed by atoms with Crippen LogP contribution < -0.4 is 14.9 Å². The molecule has 0 saturated carbocycles. The normalized spacial score (nSPS) is 10.4. The molecule has 7 nitrogen and oxygen atoms in total. The third-order valence-electron chi connectivity index (χ3n) is 2.84. The van der Waals surface area contributed by atoms with Crippen LogP contribution in [-0.2, 0) is 9.59 Å². The highest BCUT2D eigenvalue weighted by Gasteiger charge is 2.05. The van der Waals surface area contributed by atoms with Crippen LogP contribution in [0.1, 0.15) is 5.56 Å². The average Bonchev–Trinajstić information content (AvgIpc) is 2.60. The summed E-state index contributed by atoms with van der Waals surface area (Å²) < 4.78 is 23.3. The number of hydrazone groups is 1. The van der Waals surface area contributed by atoms with Gasteiger partial charge in [0.25, 0.3) is 5.91 Å². The number of amides is 1. The highest BCUT2D eigenvalue weighted by atomic mass is 19.1. The first kappa shape index (κ1) is 17.9. The summed E-state index contributed by atoms with van der Waals surface area (Å²) in [6.45, 7) is -0.800. The summed E-state index contributed by atoms with van der Waals surface area (Å²) >= 11 is 0. The number of nitrogens with one attached hydrogen (secondary N) is 1. The van der Waals surface area contributed by atoms with Crippen molar-refractivity contribution in [2.75, 3.05) is 13.2 Å². The lowest BCUT2D eigenvalue weighted by Gasteiger charge is -2.05. The Bertz CT molecular complexity index is 762. The van der Waals surface area contributed by atoms with E-state index in [4.69, 9.17) is 14.6 Å². The number of para-hydroxylation sites is 1. The lowest BCUT2D eigenvalue weighted by atomic mass is 10.2. The molecule has 2 N–H and O–H groups in total. The fourth-order valence-corrected chi connectivity index (χ4v) is 1.71. The Balaban J connectivity index is 1.77. The number of hydrogen-bond acceptors (Lipinski definition) is 5. The van der Waals surface area contributed by atoms with E-state index in [1.54, 1.807) is 30.3 Å². The Morgan fingerprint density at radius 1 is 1.08 bits per heavy atom. The lowest BCUT2D eigenvalue weighted by Crippen LogP contribution is -2.24. The summed E-state index contributed by atoms with van der Waals surface area (Å²) in [5.41, 5.74) is 2.91. The molecule has 1 amide bonds. The van der Waals surface area contributed by atoms with Gasteiger partial charge in [0.1, 0.15) is 5.75 Å². The van der Waals surface area contributed by atoms with Crippen LogP contribution in [0.5, 0.6) is 11.5 Å². The van der Waals surface area contributed by atoms with Gasteiger partial charge in [-0.1, -0.05) is 12.1 Å². The van der Waals surface area contributed by atoms with E-state index in [9.17, 15) is 14.0 Å². The molecule has 0 atom stereocenters. The molecular weight excluding hydrogens is 331 g/mol. The minimum Gasteiger partial charge on any atom is -0.482 e. The Labute approximate surface area is 142 Å². The van der Waals surface area contributed by atoms with E-state index in [0.717, 1.165) is 0 Å². The molecule has 2 rings (SSSR count). The van der Waals surface area contributed by atoms with Crippen molar-refractivity contribution in [3.8, 4) is 11.5 Å². The fraction of sp³-hybridized carbons (Fsp3) is 0.118. The molecule has 0 heterocycles. The molecule has 0 fully saturated rings.